The van der Waals surface area contributed by atoms with Crippen molar-refractivity contribution < 1.29 is 19.0 Å². The topological polar surface area (TPSA) is 79.1 Å². The normalized spacial score (nSPS) is 14.4. The van der Waals surface area contributed by atoms with Gasteiger partial charge in [-0.15, -0.1) is 0 Å². The van der Waals surface area contributed by atoms with Crippen LogP contribution >= 0.6 is 38.9 Å². The molecule has 0 saturated heterocycles. The van der Waals surface area contributed by atoms with Crippen LogP contribution in [0.1, 0.15) is 35.2 Å². The molecule has 0 unspecified atom stereocenters. The van der Waals surface area contributed by atoms with E-state index in [0.717, 1.165) is 21.2 Å². The van der Waals surface area contributed by atoms with Crippen LogP contribution in [0.5, 0.6) is 11.5 Å². The van der Waals surface area contributed by atoms with Crippen LogP contribution in [0.15, 0.2) is 117 Å². The van der Waals surface area contributed by atoms with Gasteiger partial charge >= 0.3 is 5.97 Å². The molecule has 7 nitrogen and oxygen atoms in total. The lowest BCUT2D eigenvalue weighted by molar-refractivity contribution is -0.138. The van der Waals surface area contributed by atoms with Gasteiger partial charge in [-0.05, 0) is 54.0 Å². The minimum Gasteiger partial charge on any atom is -0.493 e. The van der Waals surface area contributed by atoms with E-state index in [9.17, 15) is 9.59 Å². The molecule has 0 spiro atoms. The van der Waals surface area contributed by atoms with Crippen LogP contribution in [0.4, 0.5) is 0 Å². The Morgan fingerprint density at radius 2 is 1.72 bits per heavy atom. The van der Waals surface area contributed by atoms with Crippen molar-refractivity contribution in [2.45, 2.75) is 19.6 Å². The Hall–Kier alpha value is -4.44. The Kier molecular flexibility index (Phi) is 9.53. The number of aromatic nitrogens is 1. The third kappa shape index (κ3) is 6.44. The molecule has 1 aromatic heterocycles. The Morgan fingerprint density at radius 1 is 1.02 bits per heavy atom. The van der Waals surface area contributed by atoms with Crippen LogP contribution in [0, 0.1) is 0 Å². The van der Waals surface area contributed by atoms with Crippen molar-refractivity contribution in [3.8, 4) is 11.5 Å². The van der Waals surface area contributed by atoms with E-state index < -0.39 is 12.0 Å². The number of carbonyl (C=O) groups is 1. The highest BCUT2D eigenvalue weighted by atomic mass is 79.9. The first kappa shape index (κ1) is 31.5. The lowest BCUT2D eigenvalue weighted by Crippen LogP contribution is -2.39. The molecule has 0 aliphatic carbocycles. The number of carbonyl (C=O) groups excluding carboxylic acids is 1. The number of methoxy groups -OCH3 is 1. The summed E-state index contributed by atoms with van der Waals surface area (Å²) in [5, 5.41) is 0.341. The Balaban J connectivity index is 1.48. The highest BCUT2D eigenvalue weighted by molar-refractivity contribution is 9.10. The van der Waals surface area contributed by atoms with E-state index in [0.29, 0.717) is 49.3 Å². The van der Waals surface area contributed by atoms with Crippen molar-refractivity contribution in [2.24, 2.45) is 4.99 Å². The molecule has 0 bridgehead atoms. The number of thiazole rings is 1. The third-order valence-electron chi connectivity index (χ3n) is 7.33. The molecule has 0 fully saturated rings. The average Bonchev–Trinajstić information content (AvgIpc) is 3.38. The van der Waals surface area contributed by atoms with Gasteiger partial charge in [0.25, 0.3) is 5.56 Å². The highest BCUT2D eigenvalue weighted by Gasteiger charge is 2.35. The van der Waals surface area contributed by atoms with Gasteiger partial charge < -0.3 is 14.2 Å². The number of nitrogens with zero attached hydrogens (tertiary/aromatic N) is 2. The van der Waals surface area contributed by atoms with Crippen LogP contribution in [-0.2, 0) is 16.1 Å². The van der Waals surface area contributed by atoms with Crippen LogP contribution < -0.4 is 24.4 Å². The van der Waals surface area contributed by atoms with Gasteiger partial charge in [-0.3, -0.25) is 9.36 Å². The van der Waals surface area contributed by atoms with Crippen molar-refractivity contribution in [3.05, 3.63) is 154 Å². The number of rotatable bonds is 9. The van der Waals surface area contributed by atoms with Gasteiger partial charge in [0.1, 0.15) is 6.61 Å². The highest BCUT2D eigenvalue weighted by Crippen LogP contribution is 2.38. The molecule has 2 heterocycles. The maximum atomic E-state index is 14.2. The number of fused-ring (bicyclic) bond motifs is 1. The van der Waals surface area contributed by atoms with Crippen molar-refractivity contribution in [1.82, 2.24) is 4.57 Å². The summed E-state index contributed by atoms with van der Waals surface area (Å²) in [6, 6.07) is 29.4. The van der Waals surface area contributed by atoms with Crippen LogP contribution in [0.2, 0.25) is 5.02 Å². The fourth-order valence-electron chi connectivity index (χ4n) is 5.24. The predicted molar refractivity (Wildman–Crippen MR) is 184 cm³/mol. The van der Waals surface area contributed by atoms with Crippen LogP contribution in [-0.4, -0.2) is 24.3 Å². The molecule has 5 aromatic rings. The summed E-state index contributed by atoms with van der Waals surface area (Å²) in [6.07, 6.45) is 1.75. The second-order valence-corrected chi connectivity index (χ2v) is 12.6. The van der Waals surface area contributed by atoms with Gasteiger partial charge in [-0.2, -0.15) is 0 Å². The predicted octanol–water partition coefficient (Wildman–Crippen LogP) is 6.94. The fraction of sp³-hybridized carbons (Fsp3) is 0.139. The van der Waals surface area contributed by atoms with Crippen molar-refractivity contribution in [3.63, 3.8) is 0 Å². The van der Waals surface area contributed by atoms with Crippen LogP contribution in [0.25, 0.3) is 11.8 Å². The number of benzene rings is 4. The molecule has 0 amide bonds. The summed E-state index contributed by atoms with van der Waals surface area (Å²) >= 11 is 11.4. The Bertz CT molecular complexity index is 2110. The summed E-state index contributed by atoms with van der Waals surface area (Å²) < 4.78 is 20.2. The fourth-order valence-corrected chi connectivity index (χ4v) is 6.78. The minimum atomic E-state index is -0.749. The largest absolute Gasteiger partial charge is 0.493 e. The summed E-state index contributed by atoms with van der Waals surface area (Å²) in [4.78, 5) is 33.1. The SMILES string of the molecule is CCOC(=O)C1=C(c2ccccc2)N=c2s/c(=C\c3cc(Cl)c(OCc4ccc(Br)cc4)c(OC)c3)c(=O)n2[C@@H]1c1ccccc1. The average molecular weight is 716 g/mol. The molecule has 232 valence electrons. The molecule has 0 saturated carbocycles. The van der Waals surface area contributed by atoms with Gasteiger partial charge in [0.15, 0.2) is 16.3 Å². The molecular weight excluding hydrogens is 688 g/mol. The molecule has 0 radical (unpaired) electrons. The number of hydrogen-bond acceptors (Lipinski definition) is 7. The second kappa shape index (κ2) is 13.9. The van der Waals surface area contributed by atoms with E-state index in [1.165, 1.54) is 18.4 Å². The summed E-state index contributed by atoms with van der Waals surface area (Å²) in [7, 11) is 1.54. The Labute approximate surface area is 282 Å². The minimum absolute atomic E-state index is 0.182. The zero-order valence-corrected chi connectivity index (χ0v) is 28.1. The summed E-state index contributed by atoms with van der Waals surface area (Å²) in [6.45, 7) is 2.24. The summed E-state index contributed by atoms with van der Waals surface area (Å²) in [5.74, 6) is 0.312. The zero-order chi connectivity index (χ0) is 32.2. The number of halogens is 2. The lowest BCUT2D eigenvalue weighted by atomic mass is 9.93. The van der Waals surface area contributed by atoms with E-state index in [2.05, 4.69) is 15.9 Å². The van der Waals surface area contributed by atoms with E-state index >= 15 is 0 Å². The van der Waals surface area contributed by atoms with Gasteiger partial charge in [0.2, 0.25) is 0 Å². The standard InChI is InChI=1S/C36H28BrClN2O5S/c1-3-44-35(42)30-31(24-10-6-4-7-11-24)39-36-40(32(30)25-12-8-5-9-13-25)34(41)29(46-36)20-23-18-27(38)33(28(19-23)43-2)45-21-22-14-16-26(37)17-15-22/h4-20,32H,3,21H2,1-2H3/b29-20-/t32-/m1/s1. The number of hydrogen-bond donors (Lipinski definition) is 0. The molecule has 6 rings (SSSR count). The number of ether oxygens (including phenoxy) is 3. The first-order valence-corrected chi connectivity index (χ1v) is 16.4. The molecule has 1 aliphatic rings. The van der Waals surface area contributed by atoms with E-state index in [4.69, 9.17) is 30.8 Å². The van der Waals surface area contributed by atoms with Gasteiger partial charge in [0.05, 0.1) is 40.6 Å². The molecular formula is C36H28BrClN2O5S. The van der Waals surface area contributed by atoms with Crippen molar-refractivity contribution in [1.29, 1.82) is 0 Å². The second-order valence-electron chi connectivity index (χ2n) is 10.3. The maximum absolute atomic E-state index is 14.2. The lowest BCUT2D eigenvalue weighted by Gasteiger charge is -2.25. The molecule has 10 heteroatoms. The third-order valence-corrected chi connectivity index (χ3v) is 9.13. The van der Waals surface area contributed by atoms with Gasteiger partial charge in [-0.25, -0.2) is 9.79 Å². The van der Waals surface area contributed by atoms with E-state index in [1.54, 1.807) is 29.7 Å². The molecule has 46 heavy (non-hydrogen) atoms. The monoisotopic (exact) mass is 714 g/mol. The molecule has 0 N–H and O–H groups in total. The smallest absolute Gasteiger partial charge is 0.338 e. The first-order valence-electron chi connectivity index (χ1n) is 14.5. The van der Waals surface area contributed by atoms with Crippen LogP contribution in [0.3, 0.4) is 0 Å². The molecule has 1 atom stereocenters. The molecule has 1 aliphatic heterocycles. The van der Waals surface area contributed by atoms with Crippen molar-refractivity contribution >= 4 is 56.6 Å². The van der Waals surface area contributed by atoms with Gasteiger partial charge in [-0.1, -0.05) is 112 Å². The van der Waals surface area contributed by atoms with E-state index in [1.807, 2.05) is 84.9 Å². The quantitative estimate of drug-likeness (QED) is 0.155. The number of esters is 1. The van der Waals surface area contributed by atoms with E-state index in [-0.39, 0.29) is 12.2 Å². The zero-order valence-electron chi connectivity index (χ0n) is 24.9. The summed E-state index contributed by atoms with van der Waals surface area (Å²) in [5.41, 5.74) is 3.60. The van der Waals surface area contributed by atoms with Gasteiger partial charge in [0, 0.05) is 10.0 Å². The Morgan fingerprint density at radius 3 is 2.39 bits per heavy atom. The molecule has 4 aromatic carbocycles. The van der Waals surface area contributed by atoms with Crippen molar-refractivity contribution in [2.75, 3.05) is 13.7 Å². The first-order chi connectivity index (χ1) is 22.4. The maximum Gasteiger partial charge on any atom is 0.338 e.